The van der Waals surface area contributed by atoms with E-state index in [0.29, 0.717) is 6.04 Å². The van der Waals surface area contributed by atoms with Crippen molar-refractivity contribution in [3.63, 3.8) is 0 Å². The van der Waals surface area contributed by atoms with Crippen LogP contribution in [0.4, 0.5) is 0 Å². The molecule has 1 aliphatic heterocycles. The van der Waals surface area contributed by atoms with Crippen molar-refractivity contribution < 1.29 is 0 Å². The summed E-state index contributed by atoms with van der Waals surface area (Å²) in [5, 5.41) is 4.58. The van der Waals surface area contributed by atoms with E-state index < -0.39 is 0 Å². The van der Waals surface area contributed by atoms with Crippen molar-refractivity contribution in [1.82, 2.24) is 24.2 Å². The Morgan fingerprint density at radius 1 is 1.35 bits per heavy atom. The van der Waals surface area contributed by atoms with Crippen molar-refractivity contribution in [3.05, 3.63) is 10.5 Å². The zero-order chi connectivity index (χ0) is 14.3. The molecule has 0 aliphatic carbocycles. The molecule has 0 radical (unpaired) electrons. The Balaban J connectivity index is 1.96. The van der Waals surface area contributed by atoms with E-state index in [9.17, 15) is 0 Å². The van der Waals surface area contributed by atoms with Crippen LogP contribution in [-0.4, -0.2) is 43.4 Å². The SMILES string of the molecule is CCc1nn(C)c2c1[nH]c(=S)n2CC(C)N1CCCC1. The van der Waals surface area contributed by atoms with E-state index in [4.69, 9.17) is 12.2 Å². The third-order valence-corrected chi connectivity index (χ3v) is 4.69. The predicted molar refractivity (Wildman–Crippen MR) is 83.5 cm³/mol. The van der Waals surface area contributed by atoms with Crippen LogP contribution in [0.3, 0.4) is 0 Å². The van der Waals surface area contributed by atoms with Gasteiger partial charge in [0.15, 0.2) is 10.4 Å². The van der Waals surface area contributed by atoms with Crippen LogP contribution in [0.5, 0.6) is 0 Å². The number of rotatable bonds is 4. The third kappa shape index (κ3) is 2.20. The smallest absolute Gasteiger partial charge is 0.179 e. The van der Waals surface area contributed by atoms with Gasteiger partial charge in [0.1, 0.15) is 5.52 Å². The van der Waals surface area contributed by atoms with E-state index in [1.165, 1.54) is 25.9 Å². The van der Waals surface area contributed by atoms with Crippen LogP contribution in [-0.2, 0) is 20.0 Å². The molecule has 1 fully saturated rings. The Bertz CT molecular complexity index is 659. The van der Waals surface area contributed by atoms with Crippen molar-refractivity contribution in [2.75, 3.05) is 13.1 Å². The molecular formula is C14H23N5S. The van der Waals surface area contributed by atoms with E-state index in [1.807, 2.05) is 11.7 Å². The van der Waals surface area contributed by atoms with Crippen molar-refractivity contribution in [3.8, 4) is 0 Å². The summed E-state index contributed by atoms with van der Waals surface area (Å²) in [7, 11) is 2.00. The van der Waals surface area contributed by atoms with Gasteiger partial charge in [0.2, 0.25) is 0 Å². The number of aromatic amines is 1. The maximum Gasteiger partial charge on any atom is 0.179 e. The second-order valence-electron chi connectivity index (χ2n) is 5.76. The number of hydrogen-bond donors (Lipinski definition) is 1. The molecule has 2 aromatic heterocycles. The van der Waals surface area contributed by atoms with Gasteiger partial charge < -0.3 is 9.55 Å². The van der Waals surface area contributed by atoms with Gasteiger partial charge in [0.05, 0.1) is 5.69 Å². The first kappa shape index (κ1) is 13.8. The molecule has 3 heterocycles. The molecule has 2 aromatic rings. The lowest BCUT2D eigenvalue weighted by molar-refractivity contribution is 0.236. The van der Waals surface area contributed by atoms with Gasteiger partial charge in [-0.3, -0.25) is 9.58 Å². The lowest BCUT2D eigenvalue weighted by Gasteiger charge is -2.24. The highest BCUT2D eigenvalue weighted by Gasteiger charge is 2.21. The summed E-state index contributed by atoms with van der Waals surface area (Å²) in [4.78, 5) is 5.89. The van der Waals surface area contributed by atoms with E-state index in [0.717, 1.165) is 34.6 Å². The molecule has 0 spiro atoms. The molecule has 0 aromatic carbocycles. The fourth-order valence-electron chi connectivity index (χ4n) is 3.26. The van der Waals surface area contributed by atoms with Crippen molar-refractivity contribution in [1.29, 1.82) is 0 Å². The van der Waals surface area contributed by atoms with Gasteiger partial charge in [-0.1, -0.05) is 6.92 Å². The first-order valence-corrected chi connectivity index (χ1v) is 7.91. The van der Waals surface area contributed by atoms with Crippen LogP contribution in [0.1, 0.15) is 32.4 Å². The number of hydrogen-bond acceptors (Lipinski definition) is 3. The number of fused-ring (bicyclic) bond motifs is 1. The van der Waals surface area contributed by atoms with Gasteiger partial charge in [0.25, 0.3) is 0 Å². The van der Waals surface area contributed by atoms with E-state index >= 15 is 0 Å². The summed E-state index contributed by atoms with van der Waals surface area (Å²) in [6.07, 6.45) is 3.57. The molecule has 1 atom stereocenters. The number of likely N-dealkylation sites (tertiary alicyclic amines) is 1. The van der Waals surface area contributed by atoms with Gasteiger partial charge in [-0.05, 0) is 51.5 Å². The summed E-state index contributed by atoms with van der Waals surface area (Å²) in [5.74, 6) is 0. The second-order valence-corrected chi connectivity index (χ2v) is 6.14. The number of imidazole rings is 1. The van der Waals surface area contributed by atoms with Crippen LogP contribution >= 0.6 is 12.2 Å². The maximum atomic E-state index is 5.51. The van der Waals surface area contributed by atoms with E-state index in [2.05, 4.69) is 33.4 Å². The monoisotopic (exact) mass is 293 g/mol. The van der Waals surface area contributed by atoms with Gasteiger partial charge in [-0.2, -0.15) is 5.10 Å². The van der Waals surface area contributed by atoms with Crippen LogP contribution < -0.4 is 0 Å². The number of H-pyrrole nitrogens is 1. The lowest BCUT2D eigenvalue weighted by atomic mass is 10.3. The van der Waals surface area contributed by atoms with Crippen LogP contribution in [0.15, 0.2) is 0 Å². The summed E-state index contributed by atoms with van der Waals surface area (Å²) < 4.78 is 4.98. The second kappa shape index (κ2) is 5.33. The van der Waals surface area contributed by atoms with Gasteiger partial charge in [0, 0.05) is 19.6 Å². The maximum absolute atomic E-state index is 5.51. The molecule has 5 nitrogen and oxygen atoms in total. The highest BCUT2D eigenvalue weighted by molar-refractivity contribution is 7.71. The van der Waals surface area contributed by atoms with Crippen molar-refractivity contribution in [2.45, 2.75) is 45.7 Å². The first-order valence-electron chi connectivity index (χ1n) is 7.50. The highest BCUT2D eigenvalue weighted by Crippen LogP contribution is 2.20. The highest BCUT2D eigenvalue weighted by atomic mass is 32.1. The summed E-state index contributed by atoms with van der Waals surface area (Å²) >= 11 is 5.51. The Morgan fingerprint density at radius 3 is 2.70 bits per heavy atom. The topological polar surface area (TPSA) is 41.8 Å². The molecule has 0 bridgehead atoms. The number of aromatic nitrogens is 4. The molecule has 0 saturated carbocycles. The molecular weight excluding hydrogens is 270 g/mol. The third-order valence-electron chi connectivity index (χ3n) is 4.37. The quantitative estimate of drug-likeness (QED) is 0.881. The Hall–Kier alpha value is -1.14. The molecule has 1 aliphatic rings. The Labute approximate surface area is 124 Å². The average Bonchev–Trinajstić information content (AvgIpc) is 3.10. The molecule has 0 amide bonds. The molecule has 1 N–H and O–H groups in total. The van der Waals surface area contributed by atoms with Crippen LogP contribution in [0.25, 0.3) is 11.2 Å². The molecule has 1 unspecified atom stereocenters. The Morgan fingerprint density at radius 2 is 2.05 bits per heavy atom. The standard InChI is InChI=1S/C14H23N5S/c1-4-11-12-13(17(3)16-11)19(14(20)15-12)9-10(2)18-7-5-6-8-18/h10H,4-9H2,1-3H3,(H,15,20). The molecule has 6 heteroatoms. The molecule has 1 saturated heterocycles. The lowest BCUT2D eigenvalue weighted by Crippen LogP contribution is -2.33. The van der Waals surface area contributed by atoms with Crippen LogP contribution in [0.2, 0.25) is 0 Å². The van der Waals surface area contributed by atoms with E-state index in [1.54, 1.807) is 0 Å². The number of nitrogens with zero attached hydrogens (tertiary/aromatic N) is 4. The van der Waals surface area contributed by atoms with Gasteiger partial charge in [-0.25, -0.2) is 0 Å². The first-order chi connectivity index (χ1) is 9.61. The number of nitrogens with one attached hydrogen (secondary N) is 1. The largest absolute Gasteiger partial charge is 0.328 e. The minimum absolute atomic E-state index is 0.517. The van der Waals surface area contributed by atoms with E-state index in [-0.39, 0.29) is 0 Å². The number of aryl methyl sites for hydroxylation is 2. The van der Waals surface area contributed by atoms with Crippen LogP contribution in [0, 0.1) is 4.77 Å². The molecule has 110 valence electrons. The summed E-state index contributed by atoms with van der Waals surface area (Å²) in [6.45, 7) is 7.79. The summed E-state index contributed by atoms with van der Waals surface area (Å²) in [6, 6.07) is 0.517. The predicted octanol–water partition coefficient (Wildman–Crippen LogP) is 2.48. The molecule has 3 rings (SSSR count). The fraction of sp³-hybridized carbons (Fsp3) is 0.714. The molecule has 20 heavy (non-hydrogen) atoms. The average molecular weight is 293 g/mol. The van der Waals surface area contributed by atoms with Gasteiger partial charge in [-0.15, -0.1) is 0 Å². The normalized spacial score (nSPS) is 18.1. The zero-order valence-corrected chi connectivity index (χ0v) is 13.3. The summed E-state index contributed by atoms with van der Waals surface area (Å²) in [5.41, 5.74) is 3.33. The van der Waals surface area contributed by atoms with Crippen molar-refractivity contribution >= 4 is 23.4 Å². The van der Waals surface area contributed by atoms with Crippen molar-refractivity contribution in [2.24, 2.45) is 7.05 Å². The Kier molecular flexibility index (Phi) is 3.69. The fourth-order valence-corrected chi connectivity index (χ4v) is 3.52. The zero-order valence-electron chi connectivity index (χ0n) is 12.5. The van der Waals surface area contributed by atoms with Gasteiger partial charge >= 0.3 is 0 Å². The minimum atomic E-state index is 0.517. The minimum Gasteiger partial charge on any atom is -0.328 e.